The fourth-order valence-electron chi connectivity index (χ4n) is 2.72. The minimum atomic E-state index is -0.912. The van der Waals surface area contributed by atoms with E-state index >= 15 is 0 Å². The van der Waals surface area contributed by atoms with Crippen LogP contribution < -0.4 is 5.32 Å². The Bertz CT molecular complexity index is 851. The smallest absolute Gasteiger partial charge is 0.322 e. The van der Waals surface area contributed by atoms with Gasteiger partial charge in [-0.2, -0.15) is 0 Å². The SMILES string of the molecule is CC1(C)SC(c2ccc(-c3ccc([N+](=O)[O-])cc3Cl)o2)NC1C(=O)O. The van der Waals surface area contributed by atoms with E-state index < -0.39 is 21.7 Å². The van der Waals surface area contributed by atoms with Gasteiger partial charge in [-0.25, -0.2) is 0 Å². The highest BCUT2D eigenvalue weighted by Gasteiger charge is 2.46. The lowest BCUT2D eigenvalue weighted by Crippen LogP contribution is -2.43. The quantitative estimate of drug-likeness (QED) is 0.606. The number of nitro benzene ring substituents is 1. The van der Waals surface area contributed by atoms with Crippen LogP contribution in [0.15, 0.2) is 34.7 Å². The van der Waals surface area contributed by atoms with Gasteiger partial charge < -0.3 is 9.52 Å². The number of carbonyl (C=O) groups is 1. The summed E-state index contributed by atoms with van der Waals surface area (Å²) in [6.45, 7) is 3.72. The summed E-state index contributed by atoms with van der Waals surface area (Å²) in [7, 11) is 0. The van der Waals surface area contributed by atoms with E-state index in [0.29, 0.717) is 17.1 Å². The van der Waals surface area contributed by atoms with E-state index in [1.807, 2.05) is 13.8 Å². The van der Waals surface area contributed by atoms with Gasteiger partial charge in [0.1, 0.15) is 22.9 Å². The third-order valence-electron chi connectivity index (χ3n) is 4.00. The number of halogens is 1. The normalized spacial score (nSPS) is 22.0. The summed E-state index contributed by atoms with van der Waals surface area (Å²) < 4.78 is 5.33. The molecule has 25 heavy (non-hydrogen) atoms. The van der Waals surface area contributed by atoms with Gasteiger partial charge in [-0.05, 0) is 32.0 Å². The number of hydrogen-bond acceptors (Lipinski definition) is 6. The van der Waals surface area contributed by atoms with Gasteiger partial charge in [-0.15, -0.1) is 11.8 Å². The molecule has 1 aromatic heterocycles. The molecule has 0 radical (unpaired) electrons. The second kappa shape index (κ2) is 6.36. The maximum atomic E-state index is 11.4. The zero-order valence-electron chi connectivity index (χ0n) is 13.4. The number of hydrogen-bond donors (Lipinski definition) is 2. The average Bonchev–Trinajstić information content (AvgIpc) is 3.11. The molecule has 1 saturated heterocycles. The van der Waals surface area contributed by atoms with E-state index in [0.717, 1.165) is 0 Å². The van der Waals surface area contributed by atoms with Gasteiger partial charge in [0.15, 0.2) is 0 Å². The Labute approximate surface area is 152 Å². The van der Waals surface area contributed by atoms with E-state index in [9.17, 15) is 20.0 Å². The first-order valence-corrected chi connectivity index (χ1v) is 8.65. The Hall–Kier alpha value is -2.03. The average molecular weight is 383 g/mol. The molecule has 9 heteroatoms. The van der Waals surface area contributed by atoms with Crippen LogP contribution in [0, 0.1) is 10.1 Å². The van der Waals surface area contributed by atoms with Gasteiger partial charge in [0.05, 0.1) is 9.95 Å². The molecular formula is C16H15ClN2O5S. The fourth-order valence-corrected chi connectivity index (χ4v) is 4.35. The number of carboxylic acid groups (broad SMARTS) is 1. The van der Waals surface area contributed by atoms with E-state index in [1.54, 1.807) is 12.1 Å². The van der Waals surface area contributed by atoms with Crippen molar-refractivity contribution >= 4 is 35.0 Å². The van der Waals surface area contributed by atoms with Gasteiger partial charge in [0, 0.05) is 22.4 Å². The number of nitro groups is 1. The molecule has 0 bridgehead atoms. The second-order valence-corrected chi connectivity index (χ2v) is 8.33. The maximum absolute atomic E-state index is 11.4. The Morgan fingerprint density at radius 1 is 1.40 bits per heavy atom. The van der Waals surface area contributed by atoms with Crippen LogP contribution in [0.25, 0.3) is 11.3 Å². The summed E-state index contributed by atoms with van der Waals surface area (Å²) in [6.07, 6.45) is 0. The second-order valence-electron chi connectivity index (χ2n) is 6.16. The summed E-state index contributed by atoms with van der Waals surface area (Å²) >= 11 is 7.59. The van der Waals surface area contributed by atoms with Gasteiger partial charge >= 0.3 is 5.97 Å². The number of non-ortho nitro benzene ring substituents is 1. The summed E-state index contributed by atoms with van der Waals surface area (Å²) in [5, 5.41) is 23.1. The molecular weight excluding hydrogens is 368 g/mol. The Morgan fingerprint density at radius 2 is 2.12 bits per heavy atom. The zero-order chi connectivity index (χ0) is 18.4. The van der Waals surface area contributed by atoms with Crippen molar-refractivity contribution in [3.05, 3.63) is 51.2 Å². The molecule has 0 spiro atoms. The zero-order valence-corrected chi connectivity index (χ0v) is 14.9. The lowest BCUT2D eigenvalue weighted by molar-refractivity contribution is -0.384. The van der Waals surface area contributed by atoms with Gasteiger partial charge in [0.25, 0.3) is 5.69 Å². The summed E-state index contributed by atoms with van der Waals surface area (Å²) in [5.74, 6) is 0.130. The van der Waals surface area contributed by atoms with Crippen molar-refractivity contribution < 1.29 is 19.2 Å². The molecule has 2 atom stereocenters. The van der Waals surface area contributed by atoms with Crippen molar-refractivity contribution in [3.63, 3.8) is 0 Å². The van der Waals surface area contributed by atoms with Gasteiger partial charge in [-0.1, -0.05) is 11.6 Å². The third-order valence-corrected chi connectivity index (χ3v) is 5.76. The van der Waals surface area contributed by atoms with Crippen LogP contribution in [-0.2, 0) is 4.79 Å². The maximum Gasteiger partial charge on any atom is 0.322 e. The number of rotatable bonds is 4. The highest BCUT2D eigenvalue weighted by molar-refractivity contribution is 8.01. The van der Waals surface area contributed by atoms with Crippen molar-refractivity contribution in [1.29, 1.82) is 0 Å². The molecule has 2 aromatic rings. The number of carboxylic acids is 1. The molecule has 3 rings (SSSR count). The van der Waals surface area contributed by atoms with Crippen LogP contribution in [-0.4, -0.2) is 26.8 Å². The Morgan fingerprint density at radius 3 is 2.68 bits per heavy atom. The largest absolute Gasteiger partial charge is 0.480 e. The molecule has 2 unspecified atom stereocenters. The molecule has 0 amide bonds. The fraction of sp³-hybridized carbons (Fsp3) is 0.312. The van der Waals surface area contributed by atoms with Crippen molar-refractivity contribution in [2.24, 2.45) is 0 Å². The number of benzene rings is 1. The number of nitrogens with one attached hydrogen (secondary N) is 1. The number of thioether (sulfide) groups is 1. The molecule has 1 fully saturated rings. The summed E-state index contributed by atoms with van der Waals surface area (Å²) in [4.78, 5) is 21.6. The van der Waals surface area contributed by atoms with Crippen LogP contribution in [0.4, 0.5) is 5.69 Å². The van der Waals surface area contributed by atoms with Crippen LogP contribution >= 0.6 is 23.4 Å². The lowest BCUT2D eigenvalue weighted by Gasteiger charge is -2.20. The van der Waals surface area contributed by atoms with Crippen LogP contribution in [0.5, 0.6) is 0 Å². The molecule has 1 aliphatic heterocycles. The van der Waals surface area contributed by atoms with Crippen LogP contribution in [0.3, 0.4) is 0 Å². The van der Waals surface area contributed by atoms with Gasteiger partial charge in [-0.3, -0.25) is 20.2 Å². The summed E-state index contributed by atoms with van der Waals surface area (Å²) in [6, 6.07) is 6.92. The first-order valence-electron chi connectivity index (χ1n) is 7.40. The molecule has 132 valence electrons. The van der Waals surface area contributed by atoms with Crippen molar-refractivity contribution in [3.8, 4) is 11.3 Å². The monoisotopic (exact) mass is 382 g/mol. The summed E-state index contributed by atoms with van der Waals surface area (Å²) in [5.41, 5.74) is 0.440. The molecule has 1 aromatic carbocycles. The first kappa shape index (κ1) is 17.8. The molecule has 0 saturated carbocycles. The first-order chi connectivity index (χ1) is 11.7. The molecule has 1 aliphatic rings. The number of aliphatic carboxylic acids is 1. The van der Waals surface area contributed by atoms with E-state index in [-0.39, 0.29) is 16.1 Å². The minimum Gasteiger partial charge on any atom is -0.480 e. The minimum absolute atomic E-state index is 0.0976. The molecule has 2 heterocycles. The molecule has 0 aliphatic carbocycles. The van der Waals surface area contributed by atoms with Crippen molar-refractivity contribution in [2.75, 3.05) is 0 Å². The molecule has 2 N–H and O–H groups in total. The predicted molar refractivity (Wildman–Crippen MR) is 94.8 cm³/mol. The highest BCUT2D eigenvalue weighted by atomic mass is 35.5. The topological polar surface area (TPSA) is 106 Å². The van der Waals surface area contributed by atoms with Crippen molar-refractivity contribution in [1.82, 2.24) is 5.32 Å². The van der Waals surface area contributed by atoms with Crippen LogP contribution in [0.2, 0.25) is 5.02 Å². The van der Waals surface area contributed by atoms with Crippen LogP contribution in [0.1, 0.15) is 25.0 Å². The van der Waals surface area contributed by atoms with Crippen molar-refractivity contribution in [2.45, 2.75) is 30.0 Å². The predicted octanol–water partition coefficient (Wildman–Crippen LogP) is 4.08. The lowest BCUT2D eigenvalue weighted by atomic mass is 10.0. The number of nitrogens with zero attached hydrogens (tertiary/aromatic N) is 1. The Kier molecular flexibility index (Phi) is 4.52. The standard InChI is InChI=1S/C16H15ClN2O5S/c1-16(2)13(15(20)21)18-14(25-16)12-6-5-11(24-12)9-4-3-8(19(22)23)7-10(9)17/h3-7,13-14,18H,1-2H3,(H,20,21). The van der Waals surface area contributed by atoms with E-state index in [4.69, 9.17) is 16.0 Å². The molecule has 7 nitrogen and oxygen atoms in total. The van der Waals surface area contributed by atoms with E-state index in [1.165, 1.54) is 30.0 Å². The Balaban J connectivity index is 1.87. The highest BCUT2D eigenvalue weighted by Crippen LogP contribution is 2.46. The third kappa shape index (κ3) is 3.37. The van der Waals surface area contributed by atoms with Gasteiger partial charge in [0.2, 0.25) is 0 Å². The number of furan rings is 1. The van der Waals surface area contributed by atoms with E-state index in [2.05, 4.69) is 5.32 Å².